The summed E-state index contributed by atoms with van der Waals surface area (Å²) in [5, 5.41) is 3.89. The fourth-order valence-corrected chi connectivity index (χ4v) is 4.06. The highest BCUT2D eigenvalue weighted by molar-refractivity contribution is 4.92. The van der Waals surface area contributed by atoms with E-state index in [2.05, 4.69) is 37.9 Å². The number of rotatable bonds is 4. The third-order valence-corrected chi connectivity index (χ3v) is 4.81. The lowest BCUT2D eigenvalue weighted by atomic mass is 9.91. The molecule has 1 N–H and O–H groups in total. The molecule has 18 heavy (non-hydrogen) atoms. The highest BCUT2D eigenvalue weighted by atomic mass is 15.2. The molecule has 2 rings (SSSR count). The Morgan fingerprint density at radius 1 is 1.17 bits per heavy atom. The fourth-order valence-electron chi connectivity index (χ4n) is 4.06. The van der Waals surface area contributed by atoms with Gasteiger partial charge in [-0.25, -0.2) is 0 Å². The summed E-state index contributed by atoms with van der Waals surface area (Å²) in [6.07, 6.45) is 6.96. The average molecular weight is 252 g/mol. The molecule has 3 atom stereocenters. The van der Waals surface area contributed by atoms with Crippen LogP contribution in [0.1, 0.15) is 59.8 Å². The normalized spacial score (nSPS) is 34.7. The van der Waals surface area contributed by atoms with Gasteiger partial charge in [-0.15, -0.1) is 0 Å². The van der Waals surface area contributed by atoms with Gasteiger partial charge in [0.25, 0.3) is 0 Å². The molecule has 1 heterocycles. The molecule has 0 aromatic heterocycles. The first-order valence-electron chi connectivity index (χ1n) is 7.95. The van der Waals surface area contributed by atoms with E-state index in [1.165, 1.54) is 51.7 Å². The Kier molecular flexibility index (Phi) is 4.71. The van der Waals surface area contributed by atoms with Crippen molar-refractivity contribution in [3.8, 4) is 0 Å². The molecule has 1 aliphatic heterocycles. The molecule has 2 fully saturated rings. The second-order valence-corrected chi connectivity index (χ2v) is 7.59. The topological polar surface area (TPSA) is 15.3 Å². The quantitative estimate of drug-likeness (QED) is 0.826. The van der Waals surface area contributed by atoms with Gasteiger partial charge in [0.05, 0.1) is 0 Å². The second-order valence-electron chi connectivity index (χ2n) is 7.59. The lowest BCUT2D eigenvalue weighted by molar-refractivity contribution is 0.200. The van der Waals surface area contributed by atoms with Crippen LogP contribution in [0.4, 0.5) is 0 Å². The monoisotopic (exact) mass is 252 g/mol. The van der Waals surface area contributed by atoms with E-state index in [1.807, 2.05) is 0 Å². The maximum atomic E-state index is 3.89. The lowest BCUT2D eigenvalue weighted by Gasteiger charge is -2.31. The molecule has 1 aliphatic carbocycles. The summed E-state index contributed by atoms with van der Waals surface area (Å²) in [6.45, 7) is 13.5. The maximum absolute atomic E-state index is 3.89. The molecule has 2 aliphatic rings. The fraction of sp³-hybridized carbons (Fsp3) is 1.00. The van der Waals surface area contributed by atoms with Crippen LogP contribution in [0.15, 0.2) is 0 Å². The van der Waals surface area contributed by atoms with Crippen molar-refractivity contribution in [3.63, 3.8) is 0 Å². The largest absolute Gasteiger partial charge is 0.310 e. The number of likely N-dealkylation sites (tertiary alicyclic amines) is 1. The molecule has 1 saturated carbocycles. The summed E-state index contributed by atoms with van der Waals surface area (Å²) in [5.74, 6) is 0.837. The van der Waals surface area contributed by atoms with Crippen molar-refractivity contribution in [2.75, 3.05) is 19.6 Å². The van der Waals surface area contributed by atoms with Gasteiger partial charge in [0.2, 0.25) is 0 Å². The average Bonchev–Trinajstić information content (AvgIpc) is 2.53. The first kappa shape index (κ1) is 14.3. The molecule has 0 aromatic carbocycles. The molecule has 3 unspecified atom stereocenters. The van der Waals surface area contributed by atoms with Crippen molar-refractivity contribution < 1.29 is 0 Å². The van der Waals surface area contributed by atoms with E-state index in [0.717, 1.165) is 12.0 Å². The Morgan fingerprint density at radius 3 is 2.39 bits per heavy atom. The SMILES string of the molecule is CC(CN1CCCCC1)NC1CC(C)(C)CC1C. The van der Waals surface area contributed by atoms with E-state index in [4.69, 9.17) is 0 Å². The minimum Gasteiger partial charge on any atom is -0.310 e. The Bertz CT molecular complexity index is 256. The molecule has 1 saturated heterocycles. The Hall–Kier alpha value is -0.0800. The predicted molar refractivity (Wildman–Crippen MR) is 78.9 cm³/mol. The molecular weight excluding hydrogens is 220 g/mol. The van der Waals surface area contributed by atoms with E-state index in [9.17, 15) is 0 Å². The summed E-state index contributed by atoms with van der Waals surface area (Å²) < 4.78 is 0. The van der Waals surface area contributed by atoms with Gasteiger partial charge in [-0.05, 0) is 57.0 Å². The first-order chi connectivity index (χ1) is 8.46. The third kappa shape index (κ3) is 3.96. The number of hydrogen-bond donors (Lipinski definition) is 1. The van der Waals surface area contributed by atoms with Gasteiger partial charge >= 0.3 is 0 Å². The van der Waals surface area contributed by atoms with E-state index >= 15 is 0 Å². The molecular formula is C16H32N2. The molecule has 2 nitrogen and oxygen atoms in total. The van der Waals surface area contributed by atoms with Crippen LogP contribution in [0.3, 0.4) is 0 Å². The van der Waals surface area contributed by atoms with Crippen LogP contribution in [-0.4, -0.2) is 36.6 Å². The molecule has 0 aromatic rings. The van der Waals surface area contributed by atoms with Gasteiger partial charge in [0.15, 0.2) is 0 Å². The third-order valence-electron chi connectivity index (χ3n) is 4.81. The van der Waals surface area contributed by atoms with Gasteiger partial charge in [-0.2, -0.15) is 0 Å². The van der Waals surface area contributed by atoms with Gasteiger partial charge in [-0.1, -0.05) is 27.2 Å². The minimum absolute atomic E-state index is 0.544. The predicted octanol–water partition coefficient (Wildman–Crippen LogP) is 3.28. The maximum Gasteiger partial charge on any atom is 0.0169 e. The second kappa shape index (κ2) is 5.92. The highest BCUT2D eigenvalue weighted by Crippen LogP contribution is 2.40. The van der Waals surface area contributed by atoms with E-state index in [1.54, 1.807) is 0 Å². The van der Waals surface area contributed by atoms with E-state index in [0.29, 0.717) is 11.5 Å². The molecule has 106 valence electrons. The minimum atomic E-state index is 0.544. The number of hydrogen-bond acceptors (Lipinski definition) is 2. The summed E-state index contributed by atoms with van der Waals surface area (Å²) in [4.78, 5) is 2.64. The summed E-state index contributed by atoms with van der Waals surface area (Å²) >= 11 is 0. The zero-order valence-electron chi connectivity index (χ0n) is 12.8. The molecule has 2 heteroatoms. The van der Waals surface area contributed by atoms with Crippen molar-refractivity contribution in [3.05, 3.63) is 0 Å². The Labute approximate surface area is 114 Å². The van der Waals surface area contributed by atoms with Gasteiger partial charge < -0.3 is 10.2 Å². The van der Waals surface area contributed by atoms with Crippen molar-refractivity contribution in [2.45, 2.75) is 71.9 Å². The summed E-state index contributed by atoms with van der Waals surface area (Å²) in [6, 6.07) is 1.38. The standard InChI is InChI=1S/C16H32N2/c1-13-10-16(3,4)11-15(13)17-14(2)12-18-8-6-5-7-9-18/h13-15,17H,5-12H2,1-4H3. The van der Waals surface area contributed by atoms with Crippen LogP contribution in [0, 0.1) is 11.3 Å². The van der Waals surface area contributed by atoms with Crippen molar-refractivity contribution in [1.82, 2.24) is 10.2 Å². The lowest BCUT2D eigenvalue weighted by Crippen LogP contribution is -2.46. The summed E-state index contributed by atoms with van der Waals surface area (Å²) in [5.41, 5.74) is 0.544. The zero-order chi connectivity index (χ0) is 13.2. The number of piperidine rings is 1. The van der Waals surface area contributed by atoms with Gasteiger partial charge in [0, 0.05) is 18.6 Å². The van der Waals surface area contributed by atoms with Crippen LogP contribution >= 0.6 is 0 Å². The number of nitrogens with zero attached hydrogens (tertiary/aromatic N) is 1. The molecule has 0 bridgehead atoms. The zero-order valence-corrected chi connectivity index (χ0v) is 12.8. The van der Waals surface area contributed by atoms with E-state index in [-0.39, 0.29) is 0 Å². The summed E-state index contributed by atoms with van der Waals surface area (Å²) in [7, 11) is 0. The number of nitrogens with one attached hydrogen (secondary N) is 1. The van der Waals surface area contributed by atoms with Crippen LogP contribution in [0.25, 0.3) is 0 Å². The highest BCUT2D eigenvalue weighted by Gasteiger charge is 2.36. The smallest absolute Gasteiger partial charge is 0.0169 e. The molecule has 0 radical (unpaired) electrons. The van der Waals surface area contributed by atoms with Crippen molar-refractivity contribution >= 4 is 0 Å². The van der Waals surface area contributed by atoms with Crippen LogP contribution < -0.4 is 5.32 Å². The Morgan fingerprint density at radius 2 is 1.83 bits per heavy atom. The van der Waals surface area contributed by atoms with Gasteiger partial charge in [-0.3, -0.25) is 0 Å². The van der Waals surface area contributed by atoms with Gasteiger partial charge in [0.1, 0.15) is 0 Å². The molecule has 0 amide bonds. The van der Waals surface area contributed by atoms with Crippen molar-refractivity contribution in [1.29, 1.82) is 0 Å². The van der Waals surface area contributed by atoms with Crippen LogP contribution in [0.5, 0.6) is 0 Å². The van der Waals surface area contributed by atoms with E-state index < -0.39 is 0 Å². The Balaban J connectivity index is 1.75. The molecule has 0 spiro atoms. The first-order valence-corrected chi connectivity index (χ1v) is 7.95. The van der Waals surface area contributed by atoms with Crippen molar-refractivity contribution in [2.24, 2.45) is 11.3 Å². The van der Waals surface area contributed by atoms with Crippen LogP contribution in [0.2, 0.25) is 0 Å². The van der Waals surface area contributed by atoms with Crippen LogP contribution in [-0.2, 0) is 0 Å².